The van der Waals surface area contributed by atoms with Gasteiger partial charge in [0.1, 0.15) is 11.8 Å². The van der Waals surface area contributed by atoms with Gasteiger partial charge in [-0.15, -0.1) is 0 Å². The molecule has 230 valence electrons. The summed E-state index contributed by atoms with van der Waals surface area (Å²) >= 11 is 0. The maximum absolute atomic E-state index is 13.9. The fraction of sp³-hybridized carbons (Fsp3) is 0.412. The van der Waals surface area contributed by atoms with E-state index in [2.05, 4.69) is 5.32 Å². The van der Waals surface area contributed by atoms with E-state index in [4.69, 9.17) is 4.74 Å². The van der Waals surface area contributed by atoms with Crippen LogP contribution in [0.3, 0.4) is 0 Å². The predicted octanol–water partition coefficient (Wildman–Crippen LogP) is 4.82. The SMILES string of the molecule is COc1ccc(CN(C(=O)CCc2ccc(S(=O)(=O)N3CCCC3)cc2)[C@H](Cc2ccccc2)C(=O)NCC(C)C)cc1. The van der Waals surface area contributed by atoms with Crippen LogP contribution in [0.2, 0.25) is 0 Å². The molecule has 0 aliphatic carbocycles. The topological polar surface area (TPSA) is 96.0 Å². The standard InChI is InChI=1S/C34H43N3O5S/c1-26(2)24-35-34(39)32(23-28-9-5-4-6-10-28)37(25-29-11-16-30(42-3)17-12-29)33(38)20-15-27-13-18-31(19-14-27)43(40,41)36-21-7-8-22-36/h4-6,9-14,16-19,26,32H,7-8,15,20-25H2,1-3H3,(H,35,39)/t32-/m1/s1. The van der Waals surface area contributed by atoms with Crippen molar-refractivity contribution < 1.29 is 22.7 Å². The number of benzene rings is 3. The largest absolute Gasteiger partial charge is 0.497 e. The van der Waals surface area contributed by atoms with Gasteiger partial charge in [-0.3, -0.25) is 9.59 Å². The second-order valence-electron chi connectivity index (χ2n) is 11.5. The lowest BCUT2D eigenvalue weighted by Crippen LogP contribution is -2.51. The summed E-state index contributed by atoms with van der Waals surface area (Å²) in [6.45, 7) is 5.96. The summed E-state index contributed by atoms with van der Waals surface area (Å²) in [5.41, 5.74) is 2.72. The van der Waals surface area contributed by atoms with Crippen LogP contribution in [0.25, 0.3) is 0 Å². The first-order valence-corrected chi connectivity index (χ1v) is 16.4. The Morgan fingerprint density at radius 3 is 2.12 bits per heavy atom. The molecule has 0 bridgehead atoms. The Kier molecular flexibility index (Phi) is 11.4. The Hall–Kier alpha value is -3.69. The highest BCUT2D eigenvalue weighted by Gasteiger charge is 2.31. The number of nitrogens with one attached hydrogen (secondary N) is 1. The zero-order valence-electron chi connectivity index (χ0n) is 25.4. The highest BCUT2D eigenvalue weighted by atomic mass is 32.2. The molecule has 0 radical (unpaired) electrons. The third-order valence-electron chi connectivity index (χ3n) is 7.72. The Labute approximate surface area is 256 Å². The molecule has 1 aliphatic rings. The number of aryl methyl sites for hydroxylation is 1. The molecule has 2 amide bonds. The van der Waals surface area contributed by atoms with Gasteiger partial charge in [-0.05, 0) is 66.1 Å². The second kappa shape index (κ2) is 15.2. The van der Waals surface area contributed by atoms with Gasteiger partial charge in [0, 0.05) is 39.0 Å². The number of amides is 2. The van der Waals surface area contributed by atoms with Crippen LogP contribution in [0.15, 0.2) is 83.8 Å². The number of hydrogen-bond donors (Lipinski definition) is 1. The van der Waals surface area contributed by atoms with Crippen molar-refractivity contribution in [1.82, 2.24) is 14.5 Å². The van der Waals surface area contributed by atoms with E-state index < -0.39 is 16.1 Å². The van der Waals surface area contributed by atoms with E-state index in [-0.39, 0.29) is 35.6 Å². The van der Waals surface area contributed by atoms with Crippen molar-refractivity contribution in [2.75, 3.05) is 26.7 Å². The van der Waals surface area contributed by atoms with E-state index in [1.165, 1.54) is 4.31 Å². The van der Waals surface area contributed by atoms with Crippen molar-refractivity contribution >= 4 is 21.8 Å². The summed E-state index contributed by atoms with van der Waals surface area (Å²) in [6, 6.07) is 23.3. The van der Waals surface area contributed by atoms with Crippen molar-refractivity contribution in [3.8, 4) is 5.75 Å². The monoisotopic (exact) mass is 605 g/mol. The van der Waals surface area contributed by atoms with E-state index in [1.54, 1.807) is 36.3 Å². The average Bonchev–Trinajstić information content (AvgIpc) is 3.58. The Balaban J connectivity index is 1.55. The molecule has 1 saturated heterocycles. The second-order valence-corrected chi connectivity index (χ2v) is 13.4. The van der Waals surface area contributed by atoms with Gasteiger partial charge in [-0.1, -0.05) is 68.4 Å². The number of ether oxygens (including phenoxy) is 1. The van der Waals surface area contributed by atoms with E-state index >= 15 is 0 Å². The molecule has 1 aliphatic heterocycles. The molecule has 0 saturated carbocycles. The Bertz CT molecular complexity index is 1440. The van der Waals surface area contributed by atoms with Crippen LogP contribution >= 0.6 is 0 Å². The van der Waals surface area contributed by atoms with Gasteiger partial charge in [0.15, 0.2) is 0 Å². The van der Waals surface area contributed by atoms with E-state index in [0.717, 1.165) is 29.5 Å². The summed E-state index contributed by atoms with van der Waals surface area (Å²) in [6.07, 6.45) is 2.75. The lowest BCUT2D eigenvalue weighted by Gasteiger charge is -2.32. The van der Waals surface area contributed by atoms with Gasteiger partial charge in [0.25, 0.3) is 0 Å². The number of methoxy groups -OCH3 is 1. The van der Waals surface area contributed by atoms with E-state index in [1.807, 2.05) is 68.4 Å². The minimum Gasteiger partial charge on any atom is -0.497 e. The molecule has 4 rings (SSSR count). The molecule has 1 fully saturated rings. The Morgan fingerprint density at radius 1 is 0.884 bits per heavy atom. The van der Waals surface area contributed by atoms with Gasteiger partial charge in [-0.25, -0.2) is 8.42 Å². The number of sulfonamides is 1. The predicted molar refractivity (Wildman–Crippen MR) is 168 cm³/mol. The third-order valence-corrected chi connectivity index (χ3v) is 9.63. The van der Waals surface area contributed by atoms with Crippen LogP contribution in [-0.4, -0.2) is 62.2 Å². The fourth-order valence-corrected chi connectivity index (χ4v) is 6.72. The van der Waals surface area contributed by atoms with Crippen molar-refractivity contribution in [1.29, 1.82) is 0 Å². The van der Waals surface area contributed by atoms with Crippen LogP contribution in [0.1, 0.15) is 49.8 Å². The molecule has 43 heavy (non-hydrogen) atoms. The molecule has 1 heterocycles. The fourth-order valence-electron chi connectivity index (χ4n) is 5.20. The third kappa shape index (κ3) is 8.91. The summed E-state index contributed by atoms with van der Waals surface area (Å²) in [5.74, 6) is 0.651. The summed E-state index contributed by atoms with van der Waals surface area (Å²) in [4.78, 5) is 29.5. The number of carbonyl (C=O) groups is 2. The molecule has 0 spiro atoms. The zero-order chi connectivity index (χ0) is 30.8. The first kappa shape index (κ1) is 32.2. The molecule has 0 aromatic heterocycles. The molecule has 1 N–H and O–H groups in total. The Morgan fingerprint density at radius 2 is 1.51 bits per heavy atom. The van der Waals surface area contributed by atoms with Gasteiger partial charge in [-0.2, -0.15) is 4.31 Å². The van der Waals surface area contributed by atoms with Crippen LogP contribution in [-0.2, 0) is 39.0 Å². The maximum atomic E-state index is 13.9. The number of nitrogens with zero attached hydrogens (tertiary/aromatic N) is 2. The van der Waals surface area contributed by atoms with Crippen molar-refractivity contribution in [2.45, 2.75) is 63.4 Å². The van der Waals surface area contributed by atoms with Gasteiger partial charge in [0.05, 0.1) is 12.0 Å². The van der Waals surface area contributed by atoms with Gasteiger partial charge < -0.3 is 15.0 Å². The number of hydrogen-bond acceptors (Lipinski definition) is 5. The van der Waals surface area contributed by atoms with Crippen LogP contribution < -0.4 is 10.1 Å². The molecular formula is C34H43N3O5S. The first-order valence-electron chi connectivity index (χ1n) is 15.0. The van der Waals surface area contributed by atoms with Crippen LogP contribution in [0.5, 0.6) is 5.75 Å². The molecule has 8 nitrogen and oxygen atoms in total. The molecule has 3 aromatic carbocycles. The number of rotatable bonds is 14. The molecular weight excluding hydrogens is 562 g/mol. The average molecular weight is 606 g/mol. The summed E-state index contributed by atoms with van der Waals surface area (Å²) in [7, 11) is -1.89. The minimum absolute atomic E-state index is 0.148. The lowest BCUT2D eigenvalue weighted by molar-refractivity contribution is -0.141. The van der Waals surface area contributed by atoms with Crippen molar-refractivity contribution in [3.05, 3.63) is 95.6 Å². The van der Waals surface area contributed by atoms with Crippen molar-refractivity contribution in [3.63, 3.8) is 0 Å². The zero-order valence-corrected chi connectivity index (χ0v) is 26.2. The number of carbonyl (C=O) groups excluding carboxylic acids is 2. The van der Waals surface area contributed by atoms with Crippen LogP contribution in [0, 0.1) is 5.92 Å². The van der Waals surface area contributed by atoms with E-state index in [9.17, 15) is 18.0 Å². The van der Waals surface area contributed by atoms with Gasteiger partial charge >= 0.3 is 0 Å². The smallest absolute Gasteiger partial charge is 0.243 e. The van der Waals surface area contributed by atoms with Crippen molar-refractivity contribution in [2.24, 2.45) is 5.92 Å². The highest BCUT2D eigenvalue weighted by Crippen LogP contribution is 2.22. The lowest BCUT2D eigenvalue weighted by atomic mass is 10.0. The molecule has 3 aromatic rings. The summed E-state index contributed by atoms with van der Waals surface area (Å²) < 4.78 is 32.7. The van der Waals surface area contributed by atoms with E-state index in [0.29, 0.717) is 38.2 Å². The normalized spacial score (nSPS) is 14.4. The molecule has 0 unspecified atom stereocenters. The highest BCUT2D eigenvalue weighted by molar-refractivity contribution is 7.89. The minimum atomic E-state index is -3.50. The summed E-state index contributed by atoms with van der Waals surface area (Å²) in [5, 5.41) is 3.05. The molecule has 9 heteroatoms. The van der Waals surface area contributed by atoms with Crippen LogP contribution in [0.4, 0.5) is 0 Å². The van der Waals surface area contributed by atoms with Gasteiger partial charge in [0.2, 0.25) is 21.8 Å². The maximum Gasteiger partial charge on any atom is 0.243 e. The first-order chi connectivity index (χ1) is 20.7. The molecule has 1 atom stereocenters. The quantitative estimate of drug-likeness (QED) is 0.284.